The standard InChI is InChI=1S/C32H31I2N7O/c1-3-17-42-29-25(19-26(33)20-28(29)34)21-35-40-31-37-30(36-27-11-9-22(2)10-12-27)38-32(39-31)41-15-13-24(14-16-41)18-23-7-5-4-6-8-23/h1,4-12,19-21,24H,13-18H2,2H3,(H2,36,37,38,39,40)/b35-21-. The third-order valence-corrected chi connectivity index (χ3v) is 8.33. The Morgan fingerprint density at radius 1 is 1.02 bits per heavy atom. The van der Waals surface area contributed by atoms with Crippen LogP contribution in [0.2, 0.25) is 0 Å². The van der Waals surface area contributed by atoms with Gasteiger partial charge in [0.2, 0.25) is 17.8 Å². The van der Waals surface area contributed by atoms with Crippen molar-refractivity contribution in [1.29, 1.82) is 0 Å². The average molecular weight is 783 g/mol. The normalized spacial score (nSPS) is 13.6. The van der Waals surface area contributed by atoms with Gasteiger partial charge in [0, 0.05) is 27.9 Å². The summed E-state index contributed by atoms with van der Waals surface area (Å²) in [7, 11) is 0. The molecule has 42 heavy (non-hydrogen) atoms. The number of piperidine rings is 1. The van der Waals surface area contributed by atoms with Crippen molar-refractivity contribution < 1.29 is 4.74 Å². The van der Waals surface area contributed by atoms with Gasteiger partial charge in [0.15, 0.2) is 0 Å². The fourth-order valence-corrected chi connectivity index (χ4v) is 6.81. The number of aromatic nitrogens is 3. The van der Waals surface area contributed by atoms with Gasteiger partial charge in [-0.1, -0.05) is 53.9 Å². The van der Waals surface area contributed by atoms with Crippen LogP contribution in [0.5, 0.6) is 5.75 Å². The molecule has 2 N–H and O–H groups in total. The lowest BCUT2D eigenvalue weighted by atomic mass is 9.90. The summed E-state index contributed by atoms with van der Waals surface area (Å²) in [5.74, 6) is 5.28. The zero-order valence-electron chi connectivity index (χ0n) is 23.2. The van der Waals surface area contributed by atoms with Crippen LogP contribution in [0.4, 0.5) is 23.5 Å². The van der Waals surface area contributed by atoms with E-state index in [1.165, 1.54) is 11.1 Å². The van der Waals surface area contributed by atoms with Crippen LogP contribution in [0, 0.1) is 32.3 Å². The van der Waals surface area contributed by atoms with Gasteiger partial charge in [-0.2, -0.15) is 20.1 Å². The van der Waals surface area contributed by atoms with Crippen molar-refractivity contribution in [1.82, 2.24) is 15.0 Å². The molecule has 3 aromatic carbocycles. The minimum Gasteiger partial charge on any atom is -0.479 e. The summed E-state index contributed by atoms with van der Waals surface area (Å²) in [6.45, 7) is 4.00. The molecule has 1 aliphatic heterocycles. The molecule has 214 valence electrons. The Morgan fingerprint density at radius 3 is 2.50 bits per heavy atom. The Labute approximate surface area is 274 Å². The van der Waals surface area contributed by atoms with Crippen LogP contribution in [0.1, 0.15) is 29.5 Å². The highest BCUT2D eigenvalue weighted by Crippen LogP contribution is 2.28. The highest BCUT2D eigenvalue weighted by Gasteiger charge is 2.22. The third-order valence-electron chi connectivity index (χ3n) is 6.90. The van der Waals surface area contributed by atoms with Crippen LogP contribution >= 0.6 is 45.2 Å². The third kappa shape index (κ3) is 8.32. The molecule has 0 amide bonds. The van der Waals surface area contributed by atoms with Gasteiger partial charge >= 0.3 is 0 Å². The van der Waals surface area contributed by atoms with Crippen molar-refractivity contribution in [3.05, 3.63) is 90.6 Å². The lowest BCUT2D eigenvalue weighted by molar-refractivity contribution is 0.367. The first-order valence-corrected chi connectivity index (χ1v) is 15.9. The largest absolute Gasteiger partial charge is 0.479 e. The summed E-state index contributed by atoms with van der Waals surface area (Å²) in [5.41, 5.74) is 7.29. The number of benzene rings is 3. The average Bonchev–Trinajstić information content (AvgIpc) is 2.99. The Kier molecular flexibility index (Phi) is 10.5. The second kappa shape index (κ2) is 14.6. The minimum absolute atomic E-state index is 0.178. The Balaban J connectivity index is 1.35. The quantitative estimate of drug-likeness (QED) is 0.0772. The molecular formula is C32H31I2N7O. The molecular weight excluding hydrogens is 752 g/mol. The SMILES string of the molecule is C#CCOc1c(I)cc(I)cc1/C=N\Nc1nc(Nc2ccc(C)cc2)nc(N2CCC(Cc3ccccc3)CC2)n1. The number of terminal acetylenes is 1. The van der Waals surface area contributed by atoms with Gasteiger partial charge in [0.1, 0.15) is 12.4 Å². The number of anilines is 4. The molecule has 1 fully saturated rings. The molecule has 0 unspecified atom stereocenters. The zero-order valence-corrected chi connectivity index (χ0v) is 27.5. The number of rotatable bonds is 10. The number of hydrazone groups is 1. The van der Waals surface area contributed by atoms with Crippen LogP contribution in [0.25, 0.3) is 0 Å². The fourth-order valence-electron chi connectivity index (χ4n) is 4.76. The number of nitrogens with one attached hydrogen (secondary N) is 2. The zero-order chi connectivity index (χ0) is 29.3. The van der Waals surface area contributed by atoms with Gasteiger partial charge in [-0.05, 0) is 107 Å². The van der Waals surface area contributed by atoms with Crippen molar-refractivity contribution in [2.45, 2.75) is 26.2 Å². The summed E-state index contributed by atoms with van der Waals surface area (Å²) >= 11 is 4.51. The molecule has 1 saturated heterocycles. The lowest BCUT2D eigenvalue weighted by Gasteiger charge is -2.32. The van der Waals surface area contributed by atoms with Crippen molar-refractivity contribution in [2.24, 2.45) is 11.0 Å². The van der Waals surface area contributed by atoms with E-state index in [2.05, 4.69) is 114 Å². The number of aryl methyl sites for hydroxylation is 1. The molecule has 4 aromatic rings. The van der Waals surface area contributed by atoms with E-state index in [4.69, 9.17) is 21.1 Å². The fraction of sp³-hybridized carbons (Fsp3) is 0.250. The first kappa shape index (κ1) is 30.0. The van der Waals surface area contributed by atoms with Gasteiger partial charge in [0.05, 0.1) is 9.78 Å². The van der Waals surface area contributed by atoms with Gasteiger partial charge in [-0.25, -0.2) is 5.43 Å². The number of ether oxygens (including phenoxy) is 1. The molecule has 1 aromatic heterocycles. The van der Waals surface area contributed by atoms with Crippen molar-refractivity contribution >= 4 is 74.9 Å². The number of halogens is 2. The first-order chi connectivity index (χ1) is 20.5. The molecule has 5 rings (SSSR count). The molecule has 0 radical (unpaired) electrons. The molecule has 0 spiro atoms. The number of hydrogen-bond acceptors (Lipinski definition) is 8. The topological polar surface area (TPSA) is 87.6 Å². The highest BCUT2D eigenvalue weighted by atomic mass is 127. The van der Waals surface area contributed by atoms with Gasteiger partial charge in [0.25, 0.3) is 0 Å². The second-order valence-corrected chi connectivity index (χ2v) is 12.5. The Hall–Kier alpha value is -3.44. The maximum Gasteiger partial charge on any atom is 0.250 e. The van der Waals surface area contributed by atoms with Crippen LogP contribution in [0.3, 0.4) is 0 Å². The first-order valence-electron chi connectivity index (χ1n) is 13.7. The van der Waals surface area contributed by atoms with E-state index < -0.39 is 0 Å². The minimum atomic E-state index is 0.178. The molecule has 0 atom stereocenters. The maximum absolute atomic E-state index is 5.79. The lowest BCUT2D eigenvalue weighted by Crippen LogP contribution is -2.35. The molecule has 0 bridgehead atoms. The number of nitrogens with zero attached hydrogens (tertiary/aromatic N) is 5. The predicted molar refractivity (Wildman–Crippen MR) is 187 cm³/mol. The molecule has 0 saturated carbocycles. The molecule has 0 aliphatic carbocycles. The Bertz CT molecular complexity index is 1560. The van der Waals surface area contributed by atoms with E-state index in [0.29, 0.717) is 29.5 Å². The van der Waals surface area contributed by atoms with Crippen LogP contribution in [-0.2, 0) is 6.42 Å². The molecule has 8 nitrogen and oxygen atoms in total. The highest BCUT2D eigenvalue weighted by molar-refractivity contribution is 14.1. The van der Waals surface area contributed by atoms with Crippen molar-refractivity contribution in [3.8, 4) is 18.1 Å². The van der Waals surface area contributed by atoms with E-state index in [1.54, 1.807) is 6.21 Å². The summed E-state index contributed by atoms with van der Waals surface area (Å²) < 4.78 is 7.81. The smallest absolute Gasteiger partial charge is 0.250 e. The number of hydrogen-bond donors (Lipinski definition) is 2. The molecule has 2 heterocycles. The predicted octanol–water partition coefficient (Wildman–Crippen LogP) is 7.05. The summed E-state index contributed by atoms with van der Waals surface area (Å²) in [6.07, 6.45) is 10.4. The van der Waals surface area contributed by atoms with Crippen LogP contribution in [0.15, 0.2) is 71.8 Å². The molecule has 10 heteroatoms. The van der Waals surface area contributed by atoms with E-state index in [0.717, 1.165) is 50.7 Å². The van der Waals surface area contributed by atoms with Crippen molar-refractivity contribution in [2.75, 3.05) is 35.3 Å². The van der Waals surface area contributed by atoms with Gasteiger partial charge < -0.3 is 15.0 Å². The summed E-state index contributed by atoms with van der Waals surface area (Å²) in [4.78, 5) is 16.4. The van der Waals surface area contributed by atoms with E-state index in [-0.39, 0.29) is 6.61 Å². The second-order valence-electron chi connectivity index (χ2n) is 10.1. The molecule has 1 aliphatic rings. The van der Waals surface area contributed by atoms with E-state index in [9.17, 15) is 0 Å². The summed E-state index contributed by atoms with van der Waals surface area (Å²) in [5, 5.41) is 7.78. The summed E-state index contributed by atoms with van der Waals surface area (Å²) in [6, 6.07) is 22.8. The van der Waals surface area contributed by atoms with E-state index in [1.807, 2.05) is 36.4 Å². The monoisotopic (exact) mass is 783 g/mol. The van der Waals surface area contributed by atoms with Gasteiger partial charge in [-0.3, -0.25) is 0 Å². The Morgan fingerprint density at radius 2 is 1.76 bits per heavy atom. The van der Waals surface area contributed by atoms with Crippen molar-refractivity contribution in [3.63, 3.8) is 0 Å². The van der Waals surface area contributed by atoms with E-state index >= 15 is 0 Å². The van der Waals surface area contributed by atoms with Gasteiger partial charge in [-0.15, -0.1) is 6.42 Å². The van der Waals surface area contributed by atoms with Crippen LogP contribution in [-0.4, -0.2) is 40.9 Å². The maximum atomic E-state index is 5.79. The van der Waals surface area contributed by atoms with Crippen LogP contribution < -0.4 is 20.4 Å².